The van der Waals surface area contributed by atoms with Crippen molar-refractivity contribution >= 4 is 0 Å². The number of hydrogen-bond donors (Lipinski definition) is 0. The van der Waals surface area contributed by atoms with Crippen molar-refractivity contribution in [3.63, 3.8) is 0 Å². The van der Waals surface area contributed by atoms with Gasteiger partial charge in [0, 0.05) is 19.5 Å². The van der Waals surface area contributed by atoms with Gasteiger partial charge in [0.25, 0.3) is 0 Å². The van der Waals surface area contributed by atoms with Crippen LogP contribution in [0.25, 0.3) is 0 Å². The first-order valence-electron chi connectivity index (χ1n) is 7.21. The smallest absolute Gasteiger partial charge is 0.0178 e. The number of nitrogens with zero attached hydrogens (tertiary/aromatic N) is 1. The average molecular weight is 247 g/mol. The number of hydrogen-bond acceptors (Lipinski definition) is 1. The van der Waals surface area contributed by atoms with Crippen molar-refractivity contribution in [3.05, 3.63) is 47.7 Å². The predicted octanol–water partition coefficient (Wildman–Crippen LogP) is 4.98. The molecule has 0 spiro atoms. The Kier molecular flexibility index (Phi) is 9.08. The fraction of sp³-hybridized carbons (Fsp3) is 0.529. The van der Waals surface area contributed by atoms with E-state index in [0.717, 1.165) is 6.54 Å². The van der Waals surface area contributed by atoms with Crippen LogP contribution in [-0.4, -0.2) is 18.5 Å². The van der Waals surface area contributed by atoms with Crippen molar-refractivity contribution in [2.45, 2.75) is 47.0 Å². The summed E-state index contributed by atoms with van der Waals surface area (Å²) in [6.07, 6.45) is 5.73. The summed E-state index contributed by atoms with van der Waals surface area (Å²) >= 11 is 0. The third-order valence-corrected chi connectivity index (χ3v) is 2.84. The number of benzene rings is 1. The number of allylic oxidation sites excluding steroid dienone is 1. The van der Waals surface area contributed by atoms with Gasteiger partial charge in [-0.3, -0.25) is 0 Å². The molecular formula is C17H29N. The van der Waals surface area contributed by atoms with E-state index in [2.05, 4.69) is 55.4 Å². The first-order valence-corrected chi connectivity index (χ1v) is 7.21. The number of aryl methyl sites for hydroxylation is 1. The van der Waals surface area contributed by atoms with Gasteiger partial charge in [0.2, 0.25) is 0 Å². The highest BCUT2D eigenvalue weighted by Gasteiger charge is 2.12. The van der Waals surface area contributed by atoms with Crippen molar-refractivity contribution in [1.29, 1.82) is 0 Å². The van der Waals surface area contributed by atoms with Crippen LogP contribution in [-0.2, 0) is 0 Å². The van der Waals surface area contributed by atoms with Crippen LogP contribution in [0.5, 0.6) is 0 Å². The van der Waals surface area contributed by atoms with E-state index < -0.39 is 0 Å². The minimum absolute atomic E-state index is 0.617. The van der Waals surface area contributed by atoms with Gasteiger partial charge in [0.15, 0.2) is 0 Å². The molecule has 1 aliphatic rings. The quantitative estimate of drug-likeness (QED) is 0.676. The molecule has 0 amide bonds. The standard InChI is InChI=1S/C13H17N.2C2H6/c1-11-4-3-5-13(10-11)12-6-8-14(2)9-7-12;2*1-2/h3-6,8,10,12H,7,9H2,1-2H3;2*1-2H3. The van der Waals surface area contributed by atoms with E-state index in [4.69, 9.17) is 0 Å². The molecule has 0 aliphatic carbocycles. The topological polar surface area (TPSA) is 3.24 Å². The van der Waals surface area contributed by atoms with Gasteiger partial charge in [-0.2, -0.15) is 0 Å². The van der Waals surface area contributed by atoms with E-state index in [1.54, 1.807) is 0 Å². The second kappa shape index (κ2) is 9.76. The molecule has 1 heterocycles. The Labute approximate surface area is 114 Å². The van der Waals surface area contributed by atoms with E-state index in [-0.39, 0.29) is 0 Å². The van der Waals surface area contributed by atoms with Crippen LogP contribution in [0.4, 0.5) is 0 Å². The molecule has 0 bridgehead atoms. The molecule has 102 valence electrons. The fourth-order valence-corrected chi connectivity index (χ4v) is 1.94. The van der Waals surface area contributed by atoms with Crippen LogP contribution < -0.4 is 0 Å². The highest BCUT2D eigenvalue weighted by Crippen LogP contribution is 2.25. The predicted molar refractivity (Wildman–Crippen MR) is 83.0 cm³/mol. The lowest BCUT2D eigenvalue weighted by Gasteiger charge is -2.24. The summed E-state index contributed by atoms with van der Waals surface area (Å²) in [6.45, 7) is 11.3. The summed E-state index contributed by atoms with van der Waals surface area (Å²) in [5.41, 5.74) is 2.81. The lowest BCUT2D eigenvalue weighted by molar-refractivity contribution is 0.409. The first-order chi connectivity index (χ1) is 8.75. The molecule has 1 nitrogen and oxygen atoms in total. The second-order valence-corrected chi connectivity index (χ2v) is 4.13. The van der Waals surface area contributed by atoms with E-state index >= 15 is 0 Å². The molecule has 0 radical (unpaired) electrons. The third kappa shape index (κ3) is 5.39. The van der Waals surface area contributed by atoms with Gasteiger partial charge in [0.1, 0.15) is 0 Å². The van der Waals surface area contributed by atoms with E-state index in [1.807, 2.05) is 27.7 Å². The van der Waals surface area contributed by atoms with Gasteiger partial charge in [0.05, 0.1) is 0 Å². The summed E-state index contributed by atoms with van der Waals surface area (Å²) in [4.78, 5) is 2.24. The molecule has 0 aromatic heterocycles. The Morgan fingerprint density at radius 2 is 1.78 bits per heavy atom. The molecule has 2 rings (SSSR count). The molecule has 0 fully saturated rings. The molecule has 1 unspecified atom stereocenters. The SMILES string of the molecule is CC.CC.Cc1cccc(C2C=CN(C)CC2)c1. The highest BCUT2D eigenvalue weighted by molar-refractivity contribution is 5.29. The molecule has 1 aromatic carbocycles. The Balaban J connectivity index is 0.000000659. The van der Waals surface area contributed by atoms with Crippen LogP contribution in [0, 0.1) is 6.92 Å². The lowest BCUT2D eigenvalue weighted by atomic mass is 9.93. The minimum atomic E-state index is 0.617. The fourth-order valence-electron chi connectivity index (χ4n) is 1.94. The van der Waals surface area contributed by atoms with Crippen molar-refractivity contribution in [3.8, 4) is 0 Å². The third-order valence-electron chi connectivity index (χ3n) is 2.84. The summed E-state index contributed by atoms with van der Waals surface area (Å²) in [6, 6.07) is 8.83. The molecular weight excluding hydrogens is 218 g/mol. The van der Waals surface area contributed by atoms with Gasteiger partial charge in [-0.05, 0) is 25.1 Å². The summed E-state index contributed by atoms with van der Waals surface area (Å²) < 4.78 is 0. The number of rotatable bonds is 1. The lowest BCUT2D eigenvalue weighted by Crippen LogP contribution is -2.19. The Morgan fingerprint density at radius 3 is 2.28 bits per heavy atom. The van der Waals surface area contributed by atoms with Gasteiger partial charge in [-0.25, -0.2) is 0 Å². The van der Waals surface area contributed by atoms with Crippen LogP contribution in [0.2, 0.25) is 0 Å². The van der Waals surface area contributed by atoms with Crippen molar-refractivity contribution < 1.29 is 0 Å². The molecule has 0 N–H and O–H groups in total. The van der Waals surface area contributed by atoms with Crippen molar-refractivity contribution in [1.82, 2.24) is 4.90 Å². The van der Waals surface area contributed by atoms with E-state index in [9.17, 15) is 0 Å². The van der Waals surface area contributed by atoms with Gasteiger partial charge < -0.3 is 4.90 Å². The van der Waals surface area contributed by atoms with Gasteiger partial charge in [-0.1, -0.05) is 63.6 Å². The molecule has 1 aromatic rings. The summed E-state index contributed by atoms with van der Waals surface area (Å²) in [7, 11) is 2.13. The summed E-state index contributed by atoms with van der Waals surface area (Å²) in [5.74, 6) is 0.617. The van der Waals surface area contributed by atoms with Crippen LogP contribution >= 0.6 is 0 Å². The monoisotopic (exact) mass is 247 g/mol. The Morgan fingerprint density at radius 1 is 1.11 bits per heavy atom. The Bertz CT molecular complexity index is 341. The zero-order valence-electron chi connectivity index (χ0n) is 12.9. The Hall–Kier alpha value is -1.24. The van der Waals surface area contributed by atoms with Crippen LogP contribution in [0.3, 0.4) is 0 Å². The first kappa shape index (κ1) is 16.8. The maximum Gasteiger partial charge on any atom is 0.0178 e. The molecule has 1 heteroatoms. The summed E-state index contributed by atoms with van der Waals surface area (Å²) in [5, 5.41) is 0. The van der Waals surface area contributed by atoms with Crippen molar-refractivity contribution in [2.24, 2.45) is 0 Å². The maximum atomic E-state index is 2.30. The highest BCUT2D eigenvalue weighted by atomic mass is 15.1. The van der Waals surface area contributed by atoms with E-state index in [1.165, 1.54) is 17.5 Å². The maximum absolute atomic E-state index is 2.30. The van der Waals surface area contributed by atoms with Crippen molar-refractivity contribution in [2.75, 3.05) is 13.6 Å². The molecule has 1 atom stereocenters. The zero-order valence-corrected chi connectivity index (χ0v) is 12.9. The second-order valence-electron chi connectivity index (χ2n) is 4.13. The van der Waals surface area contributed by atoms with Gasteiger partial charge >= 0.3 is 0 Å². The molecule has 18 heavy (non-hydrogen) atoms. The molecule has 1 aliphatic heterocycles. The minimum Gasteiger partial charge on any atom is -0.381 e. The van der Waals surface area contributed by atoms with Crippen LogP contribution in [0.1, 0.15) is 51.2 Å². The zero-order chi connectivity index (χ0) is 14.0. The normalized spacial score (nSPS) is 17.2. The van der Waals surface area contributed by atoms with E-state index in [0.29, 0.717) is 5.92 Å². The molecule has 0 saturated heterocycles. The van der Waals surface area contributed by atoms with Gasteiger partial charge in [-0.15, -0.1) is 0 Å². The van der Waals surface area contributed by atoms with Crippen LogP contribution in [0.15, 0.2) is 36.5 Å². The average Bonchev–Trinajstić information content (AvgIpc) is 2.44. The largest absolute Gasteiger partial charge is 0.381 e. The molecule has 0 saturated carbocycles.